The summed E-state index contributed by atoms with van der Waals surface area (Å²) in [4.78, 5) is 14.5. The standard InChI is InChI=1S/C18H28N2O/c1-4-15-5-7-17(8-6-15)13(2)9-18(21)20-12-16(11-19)10-14(20)3/h5-8,13-14,16H,4,9-12,19H2,1-3H3. The lowest BCUT2D eigenvalue weighted by molar-refractivity contribution is -0.132. The van der Waals surface area contributed by atoms with Crippen LogP contribution in [0.2, 0.25) is 0 Å². The first-order chi connectivity index (χ1) is 10.0. The molecular weight excluding hydrogens is 260 g/mol. The van der Waals surface area contributed by atoms with Crippen LogP contribution in [0.3, 0.4) is 0 Å². The van der Waals surface area contributed by atoms with E-state index in [1.54, 1.807) is 0 Å². The van der Waals surface area contributed by atoms with Gasteiger partial charge in [0.25, 0.3) is 0 Å². The van der Waals surface area contributed by atoms with E-state index in [1.165, 1.54) is 11.1 Å². The molecule has 3 atom stereocenters. The number of likely N-dealkylation sites (tertiary alicyclic amines) is 1. The predicted octanol–water partition coefficient (Wildman–Crippen LogP) is 2.94. The zero-order valence-corrected chi connectivity index (χ0v) is 13.5. The Bertz CT molecular complexity index is 469. The number of amides is 1. The summed E-state index contributed by atoms with van der Waals surface area (Å²) in [5.41, 5.74) is 8.34. The van der Waals surface area contributed by atoms with Gasteiger partial charge >= 0.3 is 0 Å². The van der Waals surface area contributed by atoms with Gasteiger partial charge < -0.3 is 10.6 Å². The monoisotopic (exact) mass is 288 g/mol. The molecule has 0 bridgehead atoms. The van der Waals surface area contributed by atoms with E-state index in [9.17, 15) is 4.79 Å². The summed E-state index contributed by atoms with van der Waals surface area (Å²) in [5, 5.41) is 0. The van der Waals surface area contributed by atoms with E-state index in [-0.39, 0.29) is 11.8 Å². The summed E-state index contributed by atoms with van der Waals surface area (Å²) in [6.45, 7) is 7.94. The van der Waals surface area contributed by atoms with Gasteiger partial charge in [-0.1, -0.05) is 38.1 Å². The Morgan fingerprint density at radius 1 is 1.38 bits per heavy atom. The van der Waals surface area contributed by atoms with Gasteiger partial charge in [0.1, 0.15) is 0 Å². The number of benzene rings is 1. The molecule has 3 unspecified atom stereocenters. The molecule has 21 heavy (non-hydrogen) atoms. The molecule has 1 fully saturated rings. The Balaban J connectivity index is 1.95. The van der Waals surface area contributed by atoms with Crippen LogP contribution in [-0.4, -0.2) is 29.9 Å². The minimum atomic E-state index is 0.269. The van der Waals surface area contributed by atoms with Gasteiger partial charge in [-0.3, -0.25) is 4.79 Å². The fraction of sp³-hybridized carbons (Fsp3) is 0.611. The Hall–Kier alpha value is -1.35. The van der Waals surface area contributed by atoms with Crippen molar-refractivity contribution in [3.63, 3.8) is 0 Å². The second kappa shape index (κ2) is 7.08. The van der Waals surface area contributed by atoms with Gasteiger partial charge in [-0.2, -0.15) is 0 Å². The van der Waals surface area contributed by atoms with Gasteiger partial charge in [-0.15, -0.1) is 0 Å². The van der Waals surface area contributed by atoms with E-state index in [0.717, 1.165) is 19.4 Å². The third-order valence-corrected chi connectivity index (χ3v) is 4.75. The number of nitrogens with zero attached hydrogens (tertiary/aromatic N) is 1. The Labute approximate surface area is 128 Å². The highest BCUT2D eigenvalue weighted by molar-refractivity contribution is 5.77. The van der Waals surface area contributed by atoms with Crippen LogP contribution in [0.4, 0.5) is 0 Å². The van der Waals surface area contributed by atoms with Crippen LogP contribution in [0.15, 0.2) is 24.3 Å². The van der Waals surface area contributed by atoms with Crippen LogP contribution >= 0.6 is 0 Å². The van der Waals surface area contributed by atoms with Crippen molar-refractivity contribution in [3.05, 3.63) is 35.4 Å². The van der Waals surface area contributed by atoms with Gasteiger partial charge in [0.05, 0.1) is 0 Å². The van der Waals surface area contributed by atoms with Crippen molar-refractivity contribution in [3.8, 4) is 0 Å². The van der Waals surface area contributed by atoms with Gasteiger partial charge in [-0.25, -0.2) is 0 Å². The van der Waals surface area contributed by atoms with E-state index in [4.69, 9.17) is 5.73 Å². The largest absolute Gasteiger partial charge is 0.340 e. The normalized spacial score (nSPS) is 23.3. The molecular formula is C18H28N2O. The van der Waals surface area contributed by atoms with E-state index in [1.807, 2.05) is 4.90 Å². The third kappa shape index (κ3) is 3.85. The first kappa shape index (κ1) is 16.0. The molecule has 1 saturated heterocycles. The van der Waals surface area contributed by atoms with Crippen molar-refractivity contribution in [2.45, 2.75) is 52.0 Å². The quantitative estimate of drug-likeness (QED) is 0.905. The van der Waals surface area contributed by atoms with Crippen LogP contribution in [0.25, 0.3) is 0 Å². The molecule has 116 valence electrons. The second-order valence-electron chi connectivity index (χ2n) is 6.43. The van der Waals surface area contributed by atoms with Crippen LogP contribution in [0.1, 0.15) is 50.7 Å². The number of hydrogen-bond acceptors (Lipinski definition) is 2. The number of aryl methyl sites for hydroxylation is 1. The summed E-state index contributed by atoms with van der Waals surface area (Å²) in [6.07, 6.45) is 2.69. The third-order valence-electron chi connectivity index (χ3n) is 4.75. The molecule has 1 amide bonds. The van der Waals surface area contributed by atoms with Crippen LogP contribution in [0, 0.1) is 5.92 Å². The Morgan fingerprint density at radius 2 is 2.05 bits per heavy atom. The maximum absolute atomic E-state index is 12.5. The zero-order valence-electron chi connectivity index (χ0n) is 13.5. The highest BCUT2D eigenvalue weighted by atomic mass is 16.2. The van der Waals surface area contributed by atoms with Gasteiger partial charge in [0, 0.05) is 19.0 Å². The van der Waals surface area contributed by atoms with Gasteiger partial charge in [-0.05, 0) is 49.3 Å². The number of carbonyl (C=O) groups excluding carboxylic acids is 1. The molecule has 1 aromatic rings. The van der Waals surface area contributed by atoms with E-state index in [0.29, 0.717) is 24.9 Å². The molecule has 1 heterocycles. The Morgan fingerprint density at radius 3 is 2.57 bits per heavy atom. The SMILES string of the molecule is CCc1ccc(C(C)CC(=O)N2CC(CN)CC2C)cc1. The van der Waals surface area contributed by atoms with E-state index >= 15 is 0 Å². The lowest BCUT2D eigenvalue weighted by atomic mass is 9.95. The average Bonchev–Trinajstić information content (AvgIpc) is 2.88. The molecule has 0 aliphatic carbocycles. The highest BCUT2D eigenvalue weighted by Crippen LogP contribution is 2.26. The molecule has 0 spiro atoms. The molecule has 3 heteroatoms. The molecule has 0 saturated carbocycles. The van der Waals surface area contributed by atoms with Crippen molar-refractivity contribution >= 4 is 5.91 Å². The topological polar surface area (TPSA) is 46.3 Å². The second-order valence-corrected chi connectivity index (χ2v) is 6.43. The minimum Gasteiger partial charge on any atom is -0.340 e. The smallest absolute Gasteiger partial charge is 0.223 e. The highest BCUT2D eigenvalue weighted by Gasteiger charge is 2.31. The molecule has 2 rings (SSSR count). The van der Waals surface area contributed by atoms with Gasteiger partial charge in [0.15, 0.2) is 0 Å². The molecule has 1 aromatic carbocycles. The zero-order chi connectivity index (χ0) is 15.4. The molecule has 1 aliphatic heterocycles. The maximum atomic E-state index is 12.5. The number of rotatable bonds is 5. The summed E-state index contributed by atoms with van der Waals surface area (Å²) < 4.78 is 0. The number of hydrogen-bond donors (Lipinski definition) is 1. The van der Waals surface area contributed by atoms with Crippen LogP contribution < -0.4 is 5.73 Å². The van der Waals surface area contributed by atoms with Crippen molar-refractivity contribution in [1.82, 2.24) is 4.90 Å². The lowest BCUT2D eigenvalue weighted by Gasteiger charge is -2.23. The molecule has 0 radical (unpaired) electrons. The molecule has 1 aliphatic rings. The Kier molecular flexibility index (Phi) is 5.40. The van der Waals surface area contributed by atoms with Crippen molar-refractivity contribution in [1.29, 1.82) is 0 Å². The molecule has 2 N–H and O–H groups in total. The molecule has 0 aromatic heterocycles. The van der Waals surface area contributed by atoms with E-state index in [2.05, 4.69) is 45.0 Å². The fourth-order valence-corrected chi connectivity index (χ4v) is 3.24. The first-order valence-electron chi connectivity index (χ1n) is 8.13. The summed E-state index contributed by atoms with van der Waals surface area (Å²) in [6, 6.07) is 8.99. The average molecular weight is 288 g/mol. The summed E-state index contributed by atoms with van der Waals surface area (Å²) >= 11 is 0. The fourth-order valence-electron chi connectivity index (χ4n) is 3.24. The predicted molar refractivity (Wildman–Crippen MR) is 87.2 cm³/mol. The van der Waals surface area contributed by atoms with Crippen molar-refractivity contribution in [2.24, 2.45) is 11.7 Å². The van der Waals surface area contributed by atoms with Crippen molar-refractivity contribution < 1.29 is 4.79 Å². The van der Waals surface area contributed by atoms with Crippen LogP contribution in [0.5, 0.6) is 0 Å². The molecule has 3 nitrogen and oxygen atoms in total. The minimum absolute atomic E-state index is 0.269. The summed E-state index contributed by atoms with van der Waals surface area (Å²) in [7, 11) is 0. The number of nitrogens with two attached hydrogens (primary N) is 1. The maximum Gasteiger partial charge on any atom is 0.223 e. The lowest BCUT2D eigenvalue weighted by Crippen LogP contribution is -2.35. The first-order valence-corrected chi connectivity index (χ1v) is 8.13. The summed E-state index contributed by atoms with van der Waals surface area (Å²) in [5.74, 6) is 1.01. The van der Waals surface area contributed by atoms with Crippen LogP contribution in [-0.2, 0) is 11.2 Å². The van der Waals surface area contributed by atoms with E-state index < -0.39 is 0 Å². The van der Waals surface area contributed by atoms with Crippen molar-refractivity contribution in [2.75, 3.05) is 13.1 Å². The van der Waals surface area contributed by atoms with Gasteiger partial charge in [0.2, 0.25) is 5.91 Å². The number of carbonyl (C=O) groups is 1.